The zero-order valence-corrected chi connectivity index (χ0v) is 13.4. The molecule has 8 heteroatoms. The average molecular weight is 358 g/mol. The summed E-state index contributed by atoms with van der Waals surface area (Å²) >= 11 is 3.18. The van der Waals surface area contributed by atoms with Crippen LogP contribution in [0, 0.1) is 15.5 Å². The number of rotatable bonds is 4. The van der Waals surface area contributed by atoms with Crippen molar-refractivity contribution >= 4 is 33.4 Å². The van der Waals surface area contributed by atoms with Crippen molar-refractivity contribution in [3.63, 3.8) is 0 Å². The number of esters is 1. The van der Waals surface area contributed by atoms with Gasteiger partial charge in [0.25, 0.3) is 0 Å². The summed E-state index contributed by atoms with van der Waals surface area (Å²) in [6.45, 7) is 4.79. The Balaban J connectivity index is 2.26. The molecule has 1 aliphatic rings. The van der Waals surface area contributed by atoms with Gasteiger partial charge in [0, 0.05) is 29.8 Å². The van der Waals surface area contributed by atoms with Gasteiger partial charge < -0.3 is 9.64 Å². The van der Waals surface area contributed by atoms with Gasteiger partial charge in [0.05, 0.1) is 16.9 Å². The molecule has 0 saturated carbocycles. The molecule has 1 aromatic rings. The van der Waals surface area contributed by atoms with Gasteiger partial charge in [-0.25, -0.2) is 4.98 Å². The van der Waals surface area contributed by atoms with Crippen LogP contribution in [0.5, 0.6) is 0 Å². The summed E-state index contributed by atoms with van der Waals surface area (Å²) in [6.07, 6.45) is 2.10. The van der Waals surface area contributed by atoms with E-state index in [-0.39, 0.29) is 17.5 Å². The molecule has 1 aliphatic heterocycles. The fourth-order valence-corrected chi connectivity index (χ4v) is 2.73. The van der Waals surface area contributed by atoms with Gasteiger partial charge in [0.1, 0.15) is 0 Å². The zero-order chi connectivity index (χ0) is 15.6. The SMILES string of the molecule is CCOC(=O)C1(C)CCN(c2ncc(Br)cc2[N+](=O)[O-])C1. The van der Waals surface area contributed by atoms with E-state index in [0.717, 1.165) is 0 Å². The minimum Gasteiger partial charge on any atom is -0.466 e. The van der Waals surface area contributed by atoms with Crippen molar-refractivity contribution in [2.24, 2.45) is 5.41 Å². The van der Waals surface area contributed by atoms with Crippen LogP contribution in [0.1, 0.15) is 20.3 Å². The van der Waals surface area contributed by atoms with Gasteiger partial charge in [-0.1, -0.05) is 0 Å². The highest BCUT2D eigenvalue weighted by Crippen LogP contribution is 2.37. The molecule has 1 aromatic heterocycles. The van der Waals surface area contributed by atoms with Crippen molar-refractivity contribution in [3.05, 3.63) is 26.9 Å². The smallest absolute Gasteiger partial charge is 0.313 e. The monoisotopic (exact) mass is 357 g/mol. The maximum absolute atomic E-state index is 12.0. The Kier molecular flexibility index (Phi) is 4.46. The number of nitro groups is 1. The van der Waals surface area contributed by atoms with E-state index < -0.39 is 10.3 Å². The van der Waals surface area contributed by atoms with E-state index in [2.05, 4.69) is 20.9 Å². The molecule has 114 valence electrons. The minimum atomic E-state index is -0.654. The van der Waals surface area contributed by atoms with Crippen molar-refractivity contribution in [2.45, 2.75) is 20.3 Å². The van der Waals surface area contributed by atoms with E-state index in [1.807, 2.05) is 6.92 Å². The number of ether oxygens (including phenoxy) is 1. The second-order valence-corrected chi connectivity index (χ2v) is 6.12. The van der Waals surface area contributed by atoms with Gasteiger partial charge in [0.15, 0.2) is 0 Å². The highest BCUT2D eigenvalue weighted by Gasteiger charge is 2.43. The molecule has 0 amide bonds. The first kappa shape index (κ1) is 15.7. The summed E-state index contributed by atoms with van der Waals surface area (Å²) in [5.41, 5.74) is -0.726. The molecule has 0 aromatic carbocycles. The van der Waals surface area contributed by atoms with E-state index in [0.29, 0.717) is 30.6 Å². The molecule has 0 aliphatic carbocycles. The molecule has 1 saturated heterocycles. The lowest BCUT2D eigenvalue weighted by atomic mass is 9.90. The van der Waals surface area contributed by atoms with Gasteiger partial charge >= 0.3 is 11.7 Å². The van der Waals surface area contributed by atoms with Crippen LogP contribution in [0.4, 0.5) is 11.5 Å². The van der Waals surface area contributed by atoms with Crippen molar-refractivity contribution in [3.8, 4) is 0 Å². The second-order valence-electron chi connectivity index (χ2n) is 5.21. The molecule has 1 fully saturated rings. The molecule has 2 rings (SSSR count). The summed E-state index contributed by atoms with van der Waals surface area (Å²) in [4.78, 5) is 28.6. The normalized spacial score (nSPS) is 21.4. The van der Waals surface area contributed by atoms with Gasteiger partial charge in [-0.2, -0.15) is 0 Å². The Morgan fingerprint density at radius 2 is 2.38 bits per heavy atom. The lowest BCUT2D eigenvalue weighted by molar-refractivity contribution is -0.384. The molecule has 1 atom stereocenters. The molecule has 0 spiro atoms. The summed E-state index contributed by atoms with van der Waals surface area (Å²) in [5, 5.41) is 11.2. The van der Waals surface area contributed by atoms with Crippen LogP contribution >= 0.6 is 15.9 Å². The van der Waals surface area contributed by atoms with Gasteiger partial charge in [0.2, 0.25) is 5.82 Å². The van der Waals surface area contributed by atoms with Crippen LogP contribution in [0.2, 0.25) is 0 Å². The van der Waals surface area contributed by atoms with Crippen LogP contribution in [0.3, 0.4) is 0 Å². The minimum absolute atomic E-state index is 0.0718. The van der Waals surface area contributed by atoms with Crippen molar-refractivity contribution < 1.29 is 14.5 Å². The van der Waals surface area contributed by atoms with Crippen molar-refractivity contribution in [2.75, 3.05) is 24.6 Å². The average Bonchev–Trinajstić information content (AvgIpc) is 2.83. The van der Waals surface area contributed by atoms with Crippen molar-refractivity contribution in [1.29, 1.82) is 0 Å². The van der Waals surface area contributed by atoms with E-state index in [4.69, 9.17) is 4.74 Å². The zero-order valence-electron chi connectivity index (χ0n) is 11.8. The molecule has 0 bridgehead atoms. The summed E-state index contributed by atoms with van der Waals surface area (Å²) < 4.78 is 5.63. The third-order valence-corrected chi connectivity index (χ3v) is 3.99. The quantitative estimate of drug-likeness (QED) is 0.467. The topological polar surface area (TPSA) is 85.6 Å². The first-order valence-electron chi connectivity index (χ1n) is 6.59. The number of aromatic nitrogens is 1. The molecular formula is C13H16BrN3O4. The number of hydrogen-bond donors (Lipinski definition) is 0. The number of nitrogens with zero attached hydrogens (tertiary/aromatic N) is 3. The predicted octanol–water partition coefficient (Wildman–Crippen LogP) is 2.53. The lowest BCUT2D eigenvalue weighted by Gasteiger charge is -2.22. The summed E-state index contributed by atoms with van der Waals surface area (Å²) in [7, 11) is 0. The fraction of sp³-hybridized carbons (Fsp3) is 0.538. The van der Waals surface area contributed by atoms with Gasteiger partial charge in [-0.15, -0.1) is 0 Å². The second kappa shape index (κ2) is 5.97. The van der Waals surface area contributed by atoms with Crippen molar-refractivity contribution in [1.82, 2.24) is 4.98 Å². The Labute approximate surface area is 130 Å². The predicted molar refractivity (Wildman–Crippen MR) is 80.2 cm³/mol. The number of pyridine rings is 1. The largest absolute Gasteiger partial charge is 0.466 e. The number of hydrogen-bond acceptors (Lipinski definition) is 6. The van der Waals surface area contributed by atoms with E-state index in [1.54, 1.807) is 11.8 Å². The van der Waals surface area contributed by atoms with Gasteiger partial charge in [-0.05, 0) is 36.2 Å². The molecule has 2 heterocycles. The first-order chi connectivity index (χ1) is 9.87. The van der Waals surface area contributed by atoms with E-state index in [1.165, 1.54) is 12.3 Å². The Morgan fingerprint density at radius 3 is 3.00 bits per heavy atom. The highest BCUT2D eigenvalue weighted by atomic mass is 79.9. The van der Waals surface area contributed by atoms with Crippen LogP contribution in [0.25, 0.3) is 0 Å². The molecule has 0 radical (unpaired) electrons. The van der Waals surface area contributed by atoms with E-state index in [9.17, 15) is 14.9 Å². The summed E-state index contributed by atoms with van der Waals surface area (Å²) in [6, 6.07) is 1.42. The number of carbonyl (C=O) groups excluding carboxylic acids is 1. The Bertz CT molecular complexity index is 581. The lowest BCUT2D eigenvalue weighted by Crippen LogP contribution is -2.34. The fourth-order valence-electron chi connectivity index (χ4n) is 2.41. The molecule has 1 unspecified atom stereocenters. The third kappa shape index (κ3) is 3.15. The summed E-state index contributed by atoms with van der Waals surface area (Å²) in [5.74, 6) is 0.0171. The van der Waals surface area contributed by atoms with Crippen LogP contribution < -0.4 is 4.90 Å². The Hall–Kier alpha value is -1.70. The highest BCUT2D eigenvalue weighted by molar-refractivity contribution is 9.10. The maximum Gasteiger partial charge on any atom is 0.313 e. The number of anilines is 1. The standard InChI is InChI=1S/C13H16BrN3O4/c1-3-21-12(18)13(2)4-5-16(8-13)11-10(17(19)20)6-9(14)7-15-11/h6-7H,3-5,8H2,1-2H3. The van der Waals surface area contributed by atoms with Crippen LogP contribution in [0.15, 0.2) is 16.7 Å². The third-order valence-electron chi connectivity index (χ3n) is 3.55. The Morgan fingerprint density at radius 1 is 1.67 bits per heavy atom. The number of halogens is 1. The first-order valence-corrected chi connectivity index (χ1v) is 7.39. The van der Waals surface area contributed by atoms with Gasteiger partial charge in [-0.3, -0.25) is 14.9 Å². The molecule has 21 heavy (non-hydrogen) atoms. The van der Waals surface area contributed by atoms with Crippen LogP contribution in [-0.2, 0) is 9.53 Å². The molecular weight excluding hydrogens is 342 g/mol. The van der Waals surface area contributed by atoms with E-state index >= 15 is 0 Å². The van der Waals surface area contributed by atoms with Crippen LogP contribution in [-0.4, -0.2) is 35.6 Å². The number of carbonyl (C=O) groups is 1. The maximum atomic E-state index is 12.0. The molecule has 0 N–H and O–H groups in total. The molecule has 7 nitrogen and oxygen atoms in total.